The number of rotatable bonds is 7. The van der Waals surface area contributed by atoms with Crippen LogP contribution in [0.3, 0.4) is 0 Å². The Labute approximate surface area is 153 Å². The van der Waals surface area contributed by atoms with Gasteiger partial charge in [-0.15, -0.1) is 0 Å². The van der Waals surface area contributed by atoms with Gasteiger partial charge >= 0.3 is 0 Å². The second-order valence-electron chi connectivity index (χ2n) is 5.34. The molecule has 0 aliphatic heterocycles. The largest absolute Gasteiger partial charge is 0.356 e. The maximum Gasteiger partial charge on any atom is 0.224 e. The van der Waals surface area contributed by atoms with Crippen LogP contribution in [0.15, 0.2) is 16.9 Å². The van der Waals surface area contributed by atoms with E-state index in [1.165, 1.54) is 0 Å². The lowest BCUT2D eigenvalue weighted by molar-refractivity contribution is -0.124. The molecule has 2 aromatic heterocycles. The highest BCUT2D eigenvalue weighted by Crippen LogP contribution is 2.24. The molecule has 1 unspecified atom stereocenters. The normalized spacial score (nSPS) is 12.4. The minimum absolute atomic E-state index is 0.00241. The molecule has 0 radical (unpaired) electrons. The molecule has 0 aliphatic rings. The van der Waals surface area contributed by atoms with Crippen LogP contribution in [0.5, 0.6) is 0 Å². The van der Waals surface area contributed by atoms with Crippen molar-refractivity contribution in [3.63, 3.8) is 0 Å². The van der Waals surface area contributed by atoms with Crippen LogP contribution in [0, 0.1) is 12.8 Å². The molecular weight excluding hydrogens is 405 g/mol. The zero-order chi connectivity index (χ0) is 17.0. The van der Waals surface area contributed by atoms with Crippen molar-refractivity contribution in [2.24, 2.45) is 5.92 Å². The standard InChI is InChI=1S/C14H18BrCl2N5O/c1-9(7-21-8-11(15)6-19-21)14(23)18-4-3-5-22-13(17)12(16)10(2)20-22/h6,8-9H,3-5,7H2,1-2H3,(H,18,23). The maximum atomic E-state index is 12.1. The van der Waals surface area contributed by atoms with E-state index in [0.717, 1.165) is 10.9 Å². The van der Waals surface area contributed by atoms with Gasteiger partial charge in [0.25, 0.3) is 0 Å². The Bertz CT molecular complexity index is 685. The fourth-order valence-corrected chi connectivity index (χ4v) is 2.82. The van der Waals surface area contributed by atoms with Crippen molar-refractivity contribution in [2.45, 2.75) is 33.4 Å². The molecule has 1 atom stereocenters. The molecular formula is C14H18BrCl2N5O. The van der Waals surface area contributed by atoms with Crippen LogP contribution in [0.2, 0.25) is 10.2 Å². The first kappa shape index (κ1) is 18.3. The SMILES string of the molecule is Cc1nn(CCCNC(=O)C(C)Cn2cc(Br)cn2)c(Cl)c1Cl. The number of hydrogen-bond donors (Lipinski definition) is 1. The summed E-state index contributed by atoms with van der Waals surface area (Å²) in [5.41, 5.74) is 0.708. The van der Waals surface area contributed by atoms with Gasteiger partial charge < -0.3 is 5.32 Å². The molecule has 1 N–H and O–H groups in total. The maximum absolute atomic E-state index is 12.1. The number of carbonyl (C=O) groups excluding carboxylic acids is 1. The zero-order valence-corrected chi connectivity index (χ0v) is 16.0. The molecule has 0 bridgehead atoms. The third-order valence-corrected chi connectivity index (χ3v) is 4.70. The molecule has 2 rings (SSSR count). The van der Waals surface area contributed by atoms with Crippen LogP contribution in [-0.4, -0.2) is 32.0 Å². The average molecular weight is 423 g/mol. The van der Waals surface area contributed by atoms with Crippen molar-refractivity contribution in [2.75, 3.05) is 6.54 Å². The smallest absolute Gasteiger partial charge is 0.224 e. The Kier molecular flexibility index (Phi) is 6.50. The van der Waals surface area contributed by atoms with E-state index < -0.39 is 0 Å². The first-order chi connectivity index (χ1) is 10.9. The third-order valence-electron chi connectivity index (χ3n) is 3.35. The second-order valence-corrected chi connectivity index (χ2v) is 6.99. The van der Waals surface area contributed by atoms with E-state index in [2.05, 4.69) is 31.4 Å². The van der Waals surface area contributed by atoms with Gasteiger partial charge in [-0.1, -0.05) is 30.1 Å². The number of carbonyl (C=O) groups is 1. The molecule has 126 valence electrons. The summed E-state index contributed by atoms with van der Waals surface area (Å²) in [4.78, 5) is 12.1. The first-order valence-corrected chi connectivity index (χ1v) is 8.77. The van der Waals surface area contributed by atoms with Crippen molar-refractivity contribution >= 4 is 45.0 Å². The Morgan fingerprint density at radius 3 is 2.78 bits per heavy atom. The summed E-state index contributed by atoms with van der Waals surface area (Å²) in [6.45, 7) is 5.38. The highest BCUT2D eigenvalue weighted by atomic mass is 79.9. The number of nitrogens with zero attached hydrogens (tertiary/aromatic N) is 4. The number of halogens is 3. The fraction of sp³-hybridized carbons (Fsp3) is 0.500. The van der Waals surface area contributed by atoms with Gasteiger partial charge in [0, 0.05) is 19.3 Å². The topological polar surface area (TPSA) is 64.7 Å². The zero-order valence-electron chi connectivity index (χ0n) is 12.9. The van der Waals surface area contributed by atoms with E-state index in [9.17, 15) is 4.79 Å². The fourth-order valence-electron chi connectivity index (χ4n) is 2.10. The summed E-state index contributed by atoms with van der Waals surface area (Å²) in [6.07, 6.45) is 4.27. The quantitative estimate of drug-likeness (QED) is 0.696. The third kappa shape index (κ3) is 4.96. The van der Waals surface area contributed by atoms with E-state index in [-0.39, 0.29) is 11.8 Å². The lowest BCUT2D eigenvalue weighted by Crippen LogP contribution is -2.32. The summed E-state index contributed by atoms with van der Waals surface area (Å²) < 4.78 is 4.29. The highest BCUT2D eigenvalue weighted by molar-refractivity contribution is 9.10. The van der Waals surface area contributed by atoms with E-state index in [0.29, 0.717) is 35.5 Å². The summed E-state index contributed by atoms with van der Waals surface area (Å²) in [5, 5.41) is 12.2. The van der Waals surface area contributed by atoms with Gasteiger partial charge in [-0.05, 0) is 29.3 Å². The number of hydrogen-bond acceptors (Lipinski definition) is 3. The van der Waals surface area contributed by atoms with Crippen molar-refractivity contribution in [3.05, 3.63) is 32.7 Å². The van der Waals surface area contributed by atoms with Gasteiger partial charge in [0.1, 0.15) is 10.2 Å². The van der Waals surface area contributed by atoms with Gasteiger partial charge in [0.05, 0.1) is 28.8 Å². The van der Waals surface area contributed by atoms with Gasteiger partial charge in [-0.25, -0.2) is 0 Å². The molecule has 2 aromatic rings. The molecule has 0 aromatic carbocycles. The Balaban J connectivity index is 1.72. The average Bonchev–Trinajstić information content (AvgIpc) is 3.02. The van der Waals surface area contributed by atoms with Crippen LogP contribution in [-0.2, 0) is 17.9 Å². The minimum Gasteiger partial charge on any atom is -0.356 e. The van der Waals surface area contributed by atoms with Gasteiger partial charge in [-0.2, -0.15) is 10.2 Å². The summed E-state index contributed by atoms with van der Waals surface area (Å²) >= 11 is 15.4. The van der Waals surface area contributed by atoms with Crippen LogP contribution >= 0.6 is 39.1 Å². The molecule has 6 nitrogen and oxygen atoms in total. The van der Waals surface area contributed by atoms with Crippen molar-refractivity contribution in [3.8, 4) is 0 Å². The molecule has 0 spiro atoms. The van der Waals surface area contributed by atoms with Crippen molar-refractivity contribution < 1.29 is 4.79 Å². The first-order valence-electron chi connectivity index (χ1n) is 7.22. The number of aromatic nitrogens is 4. The second kappa shape index (κ2) is 8.17. The molecule has 0 saturated heterocycles. The van der Waals surface area contributed by atoms with E-state index >= 15 is 0 Å². The number of amides is 1. The van der Waals surface area contributed by atoms with Crippen LogP contribution in [0.4, 0.5) is 0 Å². The van der Waals surface area contributed by atoms with Crippen molar-refractivity contribution in [1.82, 2.24) is 24.9 Å². The van der Waals surface area contributed by atoms with Crippen LogP contribution < -0.4 is 5.32 Å². The van der Waals surface area contributed by atoms with E-state index in [1.54, 1.807) is 15.6 Å². The molecule has 9 heteroatoms. The summed E-state index contributed by atoms with van der Waals surface area (Å²) in [5.74, 6) is -0.163. The van der Waals surface area contributed by atoms with Gasteiger partial charge in [-0.3, -0.25) is 14.2 Å². The highest BCUT2D eigenvalue weighted by Gasteiger charge is 2.14. The molecule has 2 heterocycles. The van der Waals surface area contributed by atoms with Crippen molar-refractivity contribution in [1.29, 1.82) is 0 Å². The van der Waals surface area contributed by atoms with Gasteiger partial charge in [0.15, 0.2) is 0 Å². The molecule has 0 fully saturated rings. The Morgan fingerprint density at radius 1 is 1.48 bits per heavy atom. The predicted molar refractivity (Wildman–Crippen MR) is 93.7 cm³/mol. The predicted octanol–water partition coefficient (Wildman–Crippen LogP) is 3.30. The molecule has 1 amide bonds. The lowest BCUT2D eigenvalue weighted by atomic mass is 10.1. The Hall–Kier alpha value is -1.05. The Morgan fingerprint density at radius 2 is 2.22 bits per heavy atom. The number of aryl methyl sites for hydroxylation is 2. The van der Waals surface area contributed by atoms with Crippen LogP contribution in [0.1, 0.15) is 19.0 Å². The summed E-state index contributed by atoms with van der Waals surface area (Å²) in [7, 11) is 0. The molecule has 23 heavy (non-hydrogen) atoms. The van der Waals surface area contributed by atoms with E-state index in [1.807, 2.05) is 20.0 Å². The number of nitrogens with one attached hydrogen (secondary N) is 1. The van der Waals surface area contributed by atoms with Gasteiger partial charge in [0.2, 0.25) is 5.91 Å². The van der Waals surface area contributed by atoms with E-state index in [4.69, 9.17) is 23.2 Å². The monoisotopic (exact) mass is 421 g/mol. The minimum atomic E-state index is -0.160. The summed E-state index contributed by atoms with van der Waals surface area (Å²) in [6, 6.07) is 0. The lowest BCUT2D eigenvalue weighted by Gasteiger charge is -2.12. The molecule has 0 aliphatic carbocycles. The van der Waals surface area contributed by atoms with Crippen LogP contribution in [0.25, 0.3) is 0 Å². The molecule has 0 saturated carbocycles.